The molecule has 2 nitrogen and oxygen atoms in total. The van der Waals surface area contributed by atoms with E-state index in [4.69, 9.17) is 5.73 Å². The van der Waals surface area contributed by atoms with Crippen LogP contribution in [0.1, 0.15) is 44.2 Å². The van der Waals surface area contributed by atoms with Gasteiger partial charge in [-0.3, -0.25) is 4.90 Å². The van der Waals surface area contributed by atoms with E-state index in [-0.39, 0.29) is 12.6 Å². The lowest BCUT2D eigenvalue weighted by Gasteiger charge is -2.31. The van der Waals surface area contributed by atoms with Gasteiger partial charge in [0.15, 0.2) is 17.5 Å². The highest BCUT2D eigenvalue weighted by Crippen LogP contribution is 2.35. The maximum Gasteiger partial charge on any atom is 0.194 e. The molecule has 2 rings (SSSR count). The normalized spacial score (nSPS) is 16.7. The predicted molar refractivity (Wildman–Crippen MR) is 72.7 cm³/mol. The maximum absolute atomic E-state index is 13.4. The van der Waals surface area contributed by atoms with Crippen LogP contribution in [-0.4, -0.2) is 24.0 Å². The highest BCUT2D eigenvalue weighted by molar-refractivity contribution is 5.23. The monoisotopic (exact) mass is 286 g/mol. The van der Waals surface area contributed by atoms with Gasteiger partial charge < -0.3 is 5.73 Å². The molecule has 0 radical (unpaired) electrons. The van der Waals surface area contributed by atoms with Crippen molar-refractivity contribution in [2.24, 2.45) is 5.73 Å². The summed E-state index contributed by atoms with van der Waals surface area (Å²) in [5, 5.41) is 0. The summed E-state index contributed by atoms with van der Waals surface area (Å²) >= 11 is 0. The van der Waals surface area contributed by atoms with Crippen LogP contribution in [0.3, 0.4) is 0 Å². The molecule has 0 aliphatic heterocycles. The second-order valence-electron chi connectivity index (χ2n) is 5.37. The number of nitrogens with zero attached hydrogens (tertiary/aromatic N) is 1. The van der Waals surface area contributed by atoms with Crippen LogP contribution in [0.15, 0.2) is 12.1 Å². The molecule has 1 aromatic carbocycles. The second-order valence-corrected chi connectivity index (χ2v) is 5.37. The van der Waals surface area contributed by atoms with Crippen LogP contribution in [0, 0.1) is 17.5 Å². The van der Waals surface area contributed by atoms with Gasteiger partial charge in [-0.25, -0.2) is 13.2 Å². The van der Waals surface area contributed by atoms with Crippen LogP contribution >= 0.6 is 0 Å². The molecule has 112 valence electrons. The third kappa shape index (κ3) is 3.33. The molecule has 20 heavy (non-hydrogen) atoms. The lowest BCUT2D eigenvalue weighted by Crippen LogP contribution is -2.36. The largest absolute Gasteiger partial charge is 0.329 e. The minimum absolute atomic E-state index is 0.251. The Hall–Kier alpha value is -1.07. The van der Waals surface area contributed by atoms with Gasteiger partial charge >= 0.3 is 0 Å². The number of hydrogen-bond donors (Lipinski definition) is 1. The van der Waals surface area contributed by atoms with Crippen LogP contribution < -0.4 is 5.73 Å². The van der Waals surface area contributed by atoms with Crippen LogP contribution in [0.4, 0.5) is 13.2 Å². The lowest BCUT2D eigenvalue weighted by atomic mass is 10.0. The van der Waals surface area contributed by atoms with Crippen molar-refractivity contribution >= 4 is 0 Å². The van der Waals surface area contributed by atoms with Gasteiger partial charge in [0, 0.05) is 18.6 Å². The van der Waals surface area contributed by atoms with E-state index < -0.39 is 17.5 Å². The molecule has 1 aliphatic carbocycles. The fourth-order valence-electron chi connectivity index (χ4n) is 2.57. The summed E-state index contributed by atoms with van der Waals surface area (Å²) in [6.45, 7) is 3.22. The molecule has 2 N–H and O–H groups in total. The molecule has 1 aliphatic rings. The second kappa shape index (κ2) is 6.59. The standard InChI is InChI=1S/C15H21F3N2/c1-2-3-6-20(11-4-5-11)14(9-19)10-7-12(16)15(18)13(17)8-10/h7-8,11,14H,2-6,9,19H2,1H3. The fraction of sp³-hybridized carbons (Fsp3) is 0.600. The Labute approximate surface area is 117 Å². The molecule has 0 spiro atoms. The highest BCUT2D eigenvalue weighted by Gasteiger charge is 2.34. The number of rotatable bonds is 7. The number of benzene rings is 1. The van der Waals surface area contributed by atoms with Gasteiger partial charge in [0.2, 0.25) is 0 Å². The molecule has 0 amide bonds. The van der Waals surface area contributed by atoms with Gasteiger partial charge in [-0.15, -0.1) is 0 Å². The molecule has 1 unspecified atom stereocenters. The zero-order valence-electron chi connectivity index (χ0n) is 11.7. The minimum Gasteiger partial charge on any atom is -0.329 e. The van der Waals surface area contributed by atoms with Gasteiger partial charge in [-0.05, 0) is 43.5 Å². The van der Waals surface area contributed by atoms with E-state index in [2.05, 4.69) is 11.8 Å². The van der Waals surface area contributed by atoms with E-state index in [1.54, 1.807) is 0 Å². The zero-order chi connectivity index (χ0) is 14.7. The van der Waals surface area contributed by atoms with Gasteiger partial charge in [0.05, 0.1) is 0 Å². The third-order valence-electron chi connectivity index (χ3n) is 3.80. The van der Waals surface area contributed by atoms with Crippen molar-refractivity contribution in [2.45, 2.75) is 44.7 Å². The van der Waals surface area contributed by atoms with Crippen LogP contribution in [-0.2, 0) is 0 Å². The van der Waals surface area contributed by atoms with Crippen molar-refractivity contribution in [1.82, 2.24) is 4.90 Å². The molecule has 1 fully saturated rings. The number of nitrogens with two attached hydrogens (primary N) is 1. The van der Waals surface area contributed by atoms with Gasteiger partial charge in [0.25, 0.3) is 0 Å². The van der Waals surface area contributed by atoms with E-state index in [1.165, 1.54) is 0 Å². The average Bonchev–Trinajstić information content (AvgIpc) is 3.24. The maximum atomic E-state index is 13.4. The van der Waals surface area contributed by atoms with E-state index in [0.29, 0.717) is 11.6 Å². The van der Waals surface area contributed by atoms with Crippen molar-refractivity contribution in [2.75, 3.05) is 13.1 Å². The summed E-state index contributed by atoms with van der Waals surface area (Å²) in [4.78, 5) is 2.20. The molecule has 0 bridgehead atoms. The van der Waals surface area contributed by atoms with Gasteiger partial charge in [0.1, 0.15) is 0 Å². The topological polar surface area (TPSA) is 29.3 Å². The Morgan fingerprint density at radius 3 is 2.30 bits per heavy atom. The van der Waals surface area contributed by atoms with E-state index >= 15 is 0 Å². The molecule has 1 saturated carbocycles. The predicted octanol–water partition coefficient (Wildman–Crippen LogP) is 3.37. The summed E-state index contributed by atoms with van der Waals surface area (Å²) < 4.78 is 39.8. The quantitative estimate of drug-likeness (QED) is 0.779. The molecule has 0 saturated heterocycles. The average molecular weight is 286 g/mol. The summed E-state index contributed by atoms with van der Waals surface area (Å²) in [5.41, 5.74) is 6.22. The van der Waals surface area contributed by atoms with Crippen molar-refractivity contribution < 1.29 is 13.2 Å². The summed E-state index contributed by atoms with van der Waals surface area (Å²) in [6, 6.07) is 2.32. The summed E-state index contributed by atoms with van der Waals surface area (Å²) in [7, 11) is 0. The third-order valence-corrected chi connectivity index (χ3v) is 3.80. The van der Waals surface area contributed by atoms with Gasteiger partial charge in [-0.2, -0.15) is 0 Å². The first-order chi connectivity index (χ1) is 9.58. The molecule has 1 aromatic rings. The number of hydrogen-bond acceptors (Lipinski definition) is 2. The molecule has 5 heteroatoms. The Morgan fingerprint density at radius 2 is 1.85 bits per heavy atom. The Kier molecular flexibility index (Phi) is 5.05. The van der Waals surface area contributed by atoms with Crippen molar-refractivity contribution in [1.29, 1.82) is 0 Å². The van der Waals surface area contributed by atoms with E-state index in [9.17, 15) is 13.2 Å². The lowest BCUT2D eigenvalue weighted by molar-refractivity contribution is 0.187. The van der Waals surface area contributed by atoms with Crippen LogP contribution in [0.5, 0.6) is 0 Å². The first-order valence-electron chi connectivity index (χ1n) is 7.18. The SMILES string of the molecule is CCCCN(C1CC1)C(CN)c1cc(F)c(F)c(F)c1. The summed E-state index contributed by atoms with van der Waals surface area (Å²) in [5.74, 6) is -3.72. The number of halogens is 3. The summed E-state index contributed by atoms with van der Waals surface area (Å²) in [6.07, 6.45) is 4.24. The molecule has 1 atom stereocenters. The van der Waals surface area contributed by atoms with Crippen LogP contribution in [0.25, 0.3) is 0 Å². The van der Waals surface area contributed by atoms with Crippen molar-refractivity contribution in [3.63, 3.8) is 0 Å². The first-order valence-corrected chi connectivity index (χ1v) is 7.18. The zero-order valence-corrected chi connectivity index (χ0v) is 11.7. The molecular weight excluding hydrogens is 265 g/mol. The Balaban J connectivity index is 2.25. The smallest absolute Gasteiger partial charge is 0.194 e. The van der Waals surface area contributed by atoms with Crippen molar-refractivity contribution in [3.8, 4) is 0 Å². The first kappa shape index (κ1) is 15.3. The number of unbranched alkanes of at least 4 members (excludes halogenated alkanes) is 1. The van der Waals surface area contributed by atoms with E-state index in [1.807, 2.05) is 0 Å². The van der Waals surface area contributed by atoms with E-state index in [0.717, 1.165) is 44.4 Å². The Bertz CT molecular complexity index is 437. The highest BCUT2D eigenvalue weighted by atomic mass is 19.2. The van der Waals surface area contributed by atoms with Gasteiger partial charge in [-0.1, -0.05) is 13.3 Å². The molecule has 0 heterocycles. The van der Waals surface area contributed by atoms with Crippen molar-refractivity contribution in [3.05, 3.63) is 35.1 Å². The minimum atomic E-state index is -1.42. The Morgan fingerprint density at radius 1 is 1.25 bits per heavy atom. The molecule has 0 aromatic heterocycles. The molecular formula is C15H21F3N2. The van der Waals surface area contributed by atoms with Crippen LogP contribution in [0.2, 0.25) is 0 Å². The fourth-order valence-corrected chi connectivity index (χ4v) is 2.57.